The quantitative estimate of drug-likeness (QED) is 0.841. The first kappa shape index (κ1) is 12.7. The molecule has 0 aromatic heterocycles. The standard InChI is InChI=1S/C15H13ClO2/c1-15(14(17)18-16,12-8-4-2-5-9-12)13-10-6-3-7-11-13/h2-11H,1H3. The van der Waals surface area contributed by atoms with Crippen LogP contribution in [0.4, 0.5) is 0 Å². The lowest BCUT2D eigenvalue weighted by molar-refractivity contribution is -0.138. The molecule has 0 heterocycles. The molecule has 0 bridgehead atoms. The van der Waals surface area contributed by atoms with Gasteiger partial charge in [0.25, 0.3) is 0 Å². The number of carbonyl (C=O) groups is 1. The molecule has 18 heavy (non-hydrogen) atoms. The summed E-state index contributed by atoms with van der Waals surface area (Å²) in [4.78, 5) is 12.1. The summed E-state index contributed by atoms with van der Waals surface area (Å²) in [5.74, 6) is -0.485. The molecule has 0 spiro atoms. The predicted molar refractivity (Wildman–Crippen MR) is 71.3 cm³/mol. The number of halogens is 1. The van der Waals surface area contributed by atoms with E-state index >= 15 is 0 Å². The number of hydrogen-bond donors (Lipinski definition) is 0. The Labute approximate surface area is 111 Å². The molecule has 2 aromatic carbocycles. The molecule has 2 aromatic rings. The van der Waals surface area contributed by atoms with Crippen molar-refractivity contribution in [3.63, 3.8) is 0 Å². The molecular formula is C15H13ClO2. The Morgan fingerprint density at radius 1 is 0.944 bits per heavy atom. The number of hydrogen-bond acceptors (Lipinski definition) is 2. The van der Waals surface area contributed by atoms with E-state index in [-0.39, 0.29) is 0 Å². The van der Waals surface area contributed by atoms with Crippen molar-refractivity contribution in [3.05, 3.63) is 71.8 Å². The summed E-state index contributed by atoms with van der Waals surface area (Å²) in [6.07, 6.45) is 0. The Hall–Kier alpha value is -1.80. The summed E-state index contributed by atoms with van der Waals surface area (Å²) >= 11 is 5.29. The number of benzene rings is 2. The third kappa shape index (κ3) is 2.12. The van der Waals surface area contributed by atoms with E-state index in [1.54, 1.807) is 0 Å². The zero-order valence-corrected chi connectivity index (χ0v) is 10.7. The second-order valence-corrected chi connectivity index (χ2v) is 4.38. The molecule has 0 amide bonds. The van der Waals surface area contributed by atoms with Gasteiger partial charge in [0.1, 0.15) is 17.3 Å². The Morgan fingerprint density at radius 2 is 1.33 bits per heavy atom. The largest absolute Gasteiger partial charge is 0.346 e. The van der Waals surface area contributed by atoms with E-state index in [0.717, 1.165) is 11.1 Å². The maximum Gasteiger partial charge on any atom is 0.339 e. The van der Waals surface area contributed by atoms with E-state index in [9.17, 15) is 4.79 Å². The third-order valence-electron chi connectivity index (χ3n) is 3.18. The summed E-state index contributed by atoms with van der Waals surface area (Å²) in [7, 11) is 0. The van der Waals surface area contributed by atoms with Crippen LogP contribution in [-0.2, 0) is 14.5 Å². The first-order valence-electron chi connectivity index (χ1n) is 5.63. The maximum absolute atomic E-state index is 12.1. The Balaban J connectivity index is 2.59. The topological polar surface area (TPSA) is 26.3 Å². The molecule has 0 N–H and O–H groups in total. The molecule has 3 heteroatoms. The van der Waals surface area contributed by atoms with Crippen LogP contribution in [0, 0.1) is 0 Å². The van der Waals surface area contributed by atoms with Gasteiger partial charge in [-0.2, -0.15) is 0 Å². The Bertz CT molecular complexity index is 483. The average Bonchev–Trinajstić information content (AvgIpc) is 2.47. The Kier molecular flexibility index (Phi) is 3.68. The van der Waals surface area contributed by atoms with Gasteiger partial charge in [0.2, 0.25) is 0 Å². The van der Waals surface area contributed by atoms with Crippen molar-refractivity contribution in [1.29, 1.82) is 0 Å². The van der Waals surface area contributed by atoms with Crippen LogP contribution in [0.5, 0.6) is 0 Å². The summed E-state index contributed by atoms with van der Waals surface area (Å²) in [6.45, 7) is 1.81. The van der Waals surface area contributed by atoms with E-state index in [1.165, 1.54) is 0 Å². The third-order valence-corrected chi connectivity index (χ3v) is 3.32. The van der Waals surface area contributed by atoms with Gasteiger partial charge in [-0.1, -0.05) is 60.7 Å². The average molecular weight is 261 g/mol. The van der Waals surface area contributed by atoms with Crippen molar-refractivity contribution in [2.75, 3.05) is 0 Å². The van der Waals surface area contributed by atoms with Crippen LogP contribution in [0.3, 0.4) is 0 Å². The fourth-order valence-corrected chi connectivity index (χ4v) is 2.18. The van der Waals surface area contributed by atoms with E-state index in [4.69, 9.17) is 11.9 Å². The Morgan fingerprint density at radius 3 is 1.67 bits per heavy atom. The minimum Gasteiger partial charge on any atom is -0.346 e. The van der Waals surface area contributed by atoms with Crippen molar-refractivity contribution in [1.82, 2.24) is 0 Å². The van der Waals surface area contributed by atoms with Gasteiger partial charge in [0, 0.05) is 0 Å². The lowest BCUT2D eigenvalue weighted by atomic mass is 9.76. The van der Waals surface area contributed by atoms with Crippen LogP contribution in [0.15, 0.2) is 60.7 Å². The normalized spacial score (nSPS) is 11.0. The fraction of sp³-hybridized carbons (Fsp3) is 0.133. The van der Waals surface area contributed by atoms with Gasteiger partial charge in [0.15, 0.2) is 0 Å². The molecule has 2 rings (SSSR count). The number of rotatable bonds is 3. The van der Waals surface area contributed by atoms with E-state index in [1.807, 2.05) is 67.6 Å². The van der Waals surface area contributed by atoms with Crippen LogP contribution < -0.4 is 0 Å². The second-order valence-electron chi connectivity index (χ2n) is 4.22. The lowest BCUT2D eigenvalue weighted by Crippen LogP contribution is -2.34. The van der Waals surface area contributed by atoms with E-state index < -0.39 is 11.4 Å². The smallest absolute Gasteiger partial charge is 0.339 e. The highest BCUT2D eigenvalue weighted by Gasteiger charge is 2.38. The maximum atomic E-state index is 12.1. The molecule has 0 unspecified atom stereocenters. The molecule has 0 radical (unpaired) electrons. The molecule has 0 fully saturated rings. The molecule has 0 aliphatic rings. The second kappa shape index (κ2) is 5.23. The van der Waals surface area contributed by atoms with E-state index in [2.05, 4.69) is 4.29 Å². The molecular weight excluding hydrogens is 248 g/mol. The van der Waals surface area contributed by atoms with Gasteiger partial charge in [0.05, 0.1) is 0 Å². The summed E-state index contributed by atoms with van der Waals surface area (Å²) in [5.41, 5.74) is 0.799. The zero-order chi connectivity index (χ0) is 13.0. The molecule has 0 saturated heterocycles. The minimum absolute atomic E-state index is 0.485. The van der Waals surface area contributed by atoms with Gasteiger partial charge < -0.3 is 4.29 Å². The minimum atomic E-state index is -0.899. The first-order chi connectivity index (χ1) is 8.69. The summed E-state index contributed by atoms with van der Waals surface area (Å²) in [5, 5.41) is 0. The predicted octanol–water partition coefficient (Wildman–Crippen LogP) is 3.69. The monoisotopic (exact) mass is 260 g/mol. The fourth-order valence-electron chi connectivity index (χ4n) is 2.02. The molecule has 0 aliphatic heterocycles. The van der Waals surface area contributed by atoms with E-state index in [0.29, 0.717) is 0 Å². The molecule has 0 aliphatic carbocycles. The van der Waals surface area contributed by atoms with Crippen LogP contribution in [-0.4, -0.2) is 5.97 Å². The summed E-state index contributed by atoms with van der Waals surface area (Å²) in [6, 6.07) is 18.9. The SMILES string of the molecule is CC(C(=O)OCl)(c1ccccc1)c1ccccc1. The van der Waals surface area contributed by atoms with Crippen LogP contribution in [0.1, 0.15) is 18.1 Å². The summed E-state index contributed by atoms with van der Waals surface area (Å²) < 4.78 is 4.46. The van der Waals surface area contributed by atoms with Crippen molar-refractivity contribution in [2.24, 2.45) is 0 Å². The van der Waals surface area contributed by atoms with Gasteiger partial charge in [-0.25, -0.2) is 4.79 Å². The van der Waals surface area contributed by atoms with Crippen molar-refractivity contribution >= 4 is 17.8 Å². The van der Waals surface area contributed by atoms with Crippen LogP contribution in [0.25, 0.3) is 0 Å². The molecule has 2 nitrogen and oxygen atoms in total. The van der Waals surface area contributed by atoms with Gasteiger partial charge in [-0.15, -0.1) is 0 Å². The number of carbonyl (C=O) groups excluding carboxylic acids is 1. The highest BCUT2D eigenvalue weighted by molar-refractivity contribution is 6.14. The first-order valence-corrected chi connectivity index (χ1v) is 5.94. The van der Waals surface area contributed by atoms with Gasteiger partial charge >= 0.3 is 5.97 Å². The molecule has 92 valence electrons. The highest BCUT2D eigenvalue weighted by atomic mass is 35.5. The lowest BCUT2D eigenvalue weighted by Gasteiger charge is -2.26. The van der Waals surface area contributed by atoms with Crippen LogP contribution in [0.2, 0.25) is 0 Å². The molecule has 0 saturated carbocycles. The highest BCUT2D eigenvalue weighted by Crippen LogP contribution is 2.33. The molecule has 0 atom stereocenters. The van der Waals surface area contributed by atoms with Crippen molar-refractivity contribution in [3.8, 4) is 0 Å². The van der Waals surface area contributed by atoms with Gasteiger partial charge in [-0.3, -0.25) is 0 Å². The van der Waals surface area contributed by atoms with Crippen LogP contribution >= 0.6 is 11.9 Å². The van der Waals surface area contributed by atoms with Gasteiger partial charge in [-0.05, 0) is 18.1 Å². The van der Waals surface area contributed by atoms with Crippen molar-refractivity contribution in [2.45, 2.75) is 12.3 Å². The van der Waals surface area contributed by atoms with Crippen molar-refractivity contribution < 1.29 is 9.08 Å². The zero-order valence-electron chi connectivity index (χ0n) is 9.97.